The first kappa shape index (κ1) is 17.9. The molecule has 0 aliphatic heterocycles. The van der Waals surface area contributed by atoms with Gasteiger partial charge in [-0.25, -0.2) is 5.43 Å². The van der Waals surface area contributed by atoms with Crippen LogP contribution < -0.4 is 5.43 Å². The predicted octanol–water partition coefficient (Wildman–Crippen LogP) is 4.09. The molecule has 1 amide bonds. The molecule has 0 bridgehead atoms. The molecule has 3 rings (SSSR count). The maximum absolute atomic E-state index is 11.9. The summed E-state index contributed by atoms with van der Waals surface area (Å²) in [5.41, 5.74) is 4.72. The summed E-state index contributed by atoms with van der Waals surface area (Å²) in [7, 11) is 0. The highest BCUT2D eigenvalue weighted by atomic mass is 35.5. The summed E-state index contributed by atoms with van der Waals surface area (Å²) in [6.07, 6.45) is 0.0912. The topological polar surface area (TPSA) is 74.8 Å². The number of halogens is 1. The van der Waals surface area contributed by atoms with Gasteiger partial charge < -0.3 is 9.52 Å². The van der Waals surface area contributed by atoms with Gasteiger partial charge in [0.15, 0.2) is 6.10 Å². The van der Waals surface area contributed by atoms with Crippen LogP contribution in [-0.4, -0.2) is 17.2 Å². The average Bonchev–Trinajstić information content (AvgIpc) is 3.12. The molecule has 1 heterocycles. The van der Waals surface area contributed by atoms with Crippen molar-refractivity contribution in [3.8, 4) is 11.3 Å². The second kappa shape index (κ2) is 7.99. The van der Waals surface area contributed by atoms with E-state index in [1.54, 1.807) is 36.4 Å². The number of hydrazone groups is 1. The number of nitrogens with zero attached hydrogens (tertiary/aromatic N) is 1. The molecule has 0 saturated carbocycles. The Labute approximate surface area is 155 Å². The Hall–Kier alpha value is -2.89. The fourth-order valence-corrected chi connectivity index (χ4v) is 2.61. The number of furan rings is 1. The van der Waals surface area contributed by atoms with E-state index in [1.165, 1.54) is 6.21 Å². The molecule has 1 aromatic heterocycles. The van der Waals surface area contributed by atoms with Crippen molar-refractivity contribution >= 4 is 23.7 Å². The zero-order chi connectivity index (χ0) is 18.5. The van der Waals surface area contributed by atoms with Crippen molar-refractivity contribution in [2.24, 2.45) is 5.10 Å². The van der Waals surface area contributed by atoms with Gasteiger partial charge in [-0.05, 0) is 42.3 Å². The monoisotopic (exact) mass is 368 g/mol. The van der Waals surface area contributed by atoms with Crippen LogP contribution >= 0.6 is 11.6 Å². The number of hydrogen-bond donors (Lipinski definition) is 2. The summed E-state index contributed by atoms with van der Waals surface area (Å²) in [4.78, 5) is 11.9. The molecule has 5 nitrogen and oxygen atoms in total. The van der Waals surface area contributed by atoms with Gasteiger partial charge in [0.25, 0.3) is 5.91 Å². The molecule has 0 spiro atoms. The van der Waals surface area contributed by atoms with Gasteiger partial charge in [-0.2, -0.15) is 5.10 Å². The second-order valence-electron chi connectivity index (χ2n) is 5.71. The highest BCUT2D eigenvalue weighted by Crippen LogP contribution is 2.27. The van der Waals surface area contributed by atoms with Crippen molar-refractivity contribution in [2.75, 3.05) is 0 Å². The second-order valence-corrected chi connectivity index (χ2v) is 6.15. The SMILES string of the molecule is Cc1ccc(Cl)cc1-c1ccc(/C=N\NC(=O)[C@@H](O)c2ccccc2)o1. The molecular weight excluding hydrogens is 352 g/mol. The third kappa shape index (κ3) is 4.20. The predicted molar refractivity (Wildman–Crippen MR) is 101 cm³/mol. The van der Waals surface area contributed by atoms with E-state index in [9.17, 15) is 9.90 Å². The number of carbonyl (C=O) groups is 1. The lowest BCUT2D eigenvalue weighted by atomic mass is 10.1. The van der Waals surface area contributed by atoms with Gasteiger partial charge in [-0.3, -0.25) is 4.79 Å². The molecule has 0 fully saturated rings. The molecular formula is C20H17ClN2O3. The Balaban J connectivity index is 1.66. The molecule has 26 heavy (non-hydrogen) atoms. The van der Waals surface area contributed by atoms with Gasteiger partial charge >= 0.3 is 0 Å². The molecule has 0 aliphatic carbocycles. The van der Waals surface area contributed by atoms with Crippen LogP contribution in [0.2, 0.25) is 5.02 Å². The molecule has 0 radical (unpaired) electrons. The van der Waals surface area contributed by atoms with E-state index in [1.807, 2.05) is 31.2 Å². The minimum Gasteiger partial charge on any atom is -0.455 e. The van der Waals surface area contributed by atoms with E-state index in [-0.39, 0.29) is 0 Å². The third-order valence-electron chi connectivity index (χ3n) is 3.82. The lowest BCUT2D eigenvalue weighted by Crippen LogP contribution is -2.25. The summed E-state index contributed by atoms with van der Waals surface area (Å²) < 4.78 is 5.71. The summed E-state index contributed by atoms with van der Waals surface area (Å²) >= 11 is 6.03. The zero-order valence-electron chi connectivity index (χ0n) is 14.0. The maximum Gasteiger partial charge on any atom is 0.273 e. The van der Waals surface area contributed by atoms with Crippen LogP contribution in [0.25, 0.3) is 11.3 Å². The van der Waals surface area contributed by atoms with Gasteiger partial charge in [0.2, 0.25) is 0 Å². The molecule has 1 atom stereocenters. The Bertz CT molecular complexity index is 935. The number of amides is 1. The molecule has 0 aliphatic rings. The summed E-state index contributed by atoms with van der Waals surface area (Å²) in [5, 5.41) is 14.4. The molecule has 0 saturated heterocycles. The molecule has 2 aromatic carbocycles. The van der Waals surface area contributed by atoms with Gasteiger partial charge in [-0.1, -0.05) is 48.0 Å². The maximum atomic E-state index is 11.9. The summed E-state index contributed by atoms with van der Waals surface area (Å²) in [5.74, 6) is 0.501. The first-order valence-electron chi connectivity index (χ1n) is 7.97. The van der Waals surface area contributed by atoms with Crippen LogP contribution in [-0.2, 0) is 4.79 Å². The summed E-state index contributed by atoms with van der Waals surface area (Å²) in [6, 6.07) is 17.7. The number of hydrogen-bond acceptors (Lipinski definition) is 4. The van der Waals surface area contributed by atoms with Crippen molar-refractivity contribution < 1.29 is 14.3 Å². The molecule has 2 N–H and O–H groups in total. The fourth-order valence-electron chi connectivity index (χ4n) is 2.43. The van der Waals surface area contributed by atoms with Crippen LogP contribution in [0.1, 0.15) is 23.0 Å². The van der Waals surface area contributed by atoms with Crippen LogP contribution in [0.4, 0.5) is 0 Å². The van der Waals surface area contributed by atoms with E-state index >= 15 is 0 Å². The number of nitrogens with one attached hydrogen (secondary N) is 1. The van der Waals surface area contributed by atoms with E-state index in [2.05, 4.69) is 10.5 Å². The first-order chi connectivity index (χ1) is 12.5. The number of aliphatic hydroxyl groups excluding tert-OH is 1. The zero-order valence-corrected chi connectivity index (χ0v) is 14.8. The Morgan fingerprint density at radius 3 is 2.73 bits per heavy atom. The lowest BCUT2D eigenvalue weighted by molar-refractivity contribution is -0.129. The quantitative estimate of drug-likeness (QED) is 0.526. The van der Waals surface area contributed by atoms with E-state index < -0.39 is 12.0 Å². The van der Waals surface area contributed by atoms with Crippen LogP contribution in [0.5, 0.6) is 0 Å². The minimum absolute atomic E-state index is 0.467. The minimum atomic E-state index is -1.28. The number of rotatable bonds is 5. The number of aryl methyl sites for hydroxylation is 1. The number of aliphatic hydroxyl groups is 1. The van der Waals surface area contributed by atoms with Gasteiger partial charge in [0, 0.05) is 10.6 Å². The number of carbonyl (C=O) groups excluding carboxylic acids is 1. The van der Waals surface area contributed by atoms with Crippen molar-refractivity contribution in [3.63, 3.8) is 0 Å². The largest absolute Gasteiger partial charge is 0.455 e. The van der Waals surface area contributed by atoms with Crippen LogP contribution in [0.15, 0.2) is 70.2 Å². The van der Waals surface area contributed by atoms with Crippen molar-refractivity contribution in [1.29, 1.82) is 0 Å². The van der Waals surface area contributed by atoms with E-state index in [0.29, 0.717) is 22.1 Å². The highest BCUT2D eigenvalue weighted by molar-refractivity contribution is 6.30. The van der Waals surface area contributed by atoms with Crippen molar-refractivity contribution in [1.82, 2.24) is 5.43 Å². The Morgan fingerprint density at radius 1 is 1.19 bits per heavy atom. The summed E-state index contributed by atoms with van der Waals surface area (Å²) in [6.45, 7) is 1.97. The highest BCUT2D eigenvalue weighted by Gasteiger charge is 2.16. The number of benzene rings is 2. The Morgan fingerprint density at radius 2 is 1.96 bits per heavy atom. The Kier molecular flexibility index (Phi) is 5.51. The third-order valence-corrected chi connectivity index (χ3v) is 4.06. The lowest BCUT2D eigenvalue weighted by Gasteiger charge is -2.08. The molecule has 3 aromatic rings. The molecule has 0 unspecified atom stereocenters. The van der Waals surface area contributed by atoms with Crippen LogP contribution in [0.3, 0.4) is 0 Å². The fraction of sp³-hybridized carbons (Fsp3) is 0.100. The van der Waals surface area contributed by atoms with Crippen LogP contribution in [0, 0.1) is 6.92 Å². The standard InChI is InChI=1S/C20H17ClN2O3/c1-13-7-8-15(21)11-17(13)18-10-9-16(26-18)12-22-23-20(25)19(24)14-5-3-2-4-6-14/h2-12,19,24H,1H3,(H,23,25)/b22-12-/t19-/m0/s1. The molecule has 6 heteroatoms. The van der Waals surface area contributed by atoms with E-state index in [4.69, 9.17) is 16.0 Å². The smallest absolute Gasteiger partial charge is 0.273 e. The molecule has 132 valence electrons. The first-order valence-corrected chi connectivity index (χ1v) is 8.34. The van der Waals surface area contributed by atoms with Gasteiger partial charge in [0.05, 0.1) is 6.21 Å². The van der Waals surface area contributed by atoms with Crippen molar-refractivity contribution in [2.45, 2.75) is 13.0 Å². The average molecular weight is 369 g/mol. The van der Waals surface area contributed by atoms with Gasteiger partial charge in [-0.15, -0.1) is 0 Å². The van der Waals surface area contributed by atoms with E-state index in [0.717, 1.165) is 11.1 Å². The normalized spacial score (nSPS) is 12.3. The van der Waals surface area contributed by atoms with Gasteiger partial charge in [0.1, 0.15) is 11.5 Å². The van der Waals surface area contributed by atoms with Crippen molar-refractivity contribution in [3.05, 3.63) is 82.6 Å².